The van der Waals surface area contributed by atoms with Crippen molar-refractivity contribution in [2.24, 2.45) is 0 Å². The molecule has 0 radical (unpaired) electrons. The van der Waals surface area contributed by atoms with Crippen molar-refractivity contribution < 1.29 is 0 Å². The molecule has 1 heterocycles. The van der Waals surface area contributed by atoms with Crippen LogP contribution in [-0.4, -0.2) is 16.2 Å². The molecule has 19 heavy (non-hydrogen) atoms. The Labute approximate surface area is 127 Å². The molecule has 1 aromatic heterocycles. The van der Waals surface area contributed by atoms with Crippen LogP contribution in [0.25, 0.3) is 0 Å². The van der Waals surface area contributed by atoms with Crippen LogP contribution in [0.4, 0.5) is 0 Å². The number of aromatic nitrogens is 2. The first-order valence-corrected chi connectivity index (χ1v) is 7.60. The lowest BCUT2D eigenvalue weighted by molar-refractivity contribution is 0.584. The van der Waals surface area contributed by atoms with Crippen molar-refractivity contribution in [3.05, 3.63) is 43.8 Å². The fraction of sp³-hybridized carbons (Fsp3) is 0.385. The molecule has 6 heteroatoms. The summed E-state index contributed by atoms with van der Waals surface area (Å²) >= 11 is 13.5. The number of hydrogen-bond donors (Lipinski definition) is 1. The summed E-state index contributed by atoms with van der Waals surface area (Å²) in [6.07, 6.45) is 0.732. The summed E-state index contributed by atoms with van der Waals surface area (Å²) < 4.78 is 0. The molecule has 0 amide bonds. The van der Waals surface area contributed by atoms with Gasteiger partial charge in [0.2, 0.25) is 0 Å². The van der Waals surface area contributed by atoms with Gasteiger partial charge in [0, 0.05) is 19.0 Å². The van der Waals surface area contributed by atoms with Crippen molar-refractivity contribution in [1.29, 1.82) is 0 Å². The van der Waals surface area contributed by atoms with E-state index in [4.69, 9.17) is 23.2 Å². The normalized spacial score (nSPS) is 11.2. The fourth-order valence-electron chi connectivity index (χ4n) is 1.55. The summed E-state index contributed by atoms with van der Waals surface area (Å²) in [7, 11) is 0. The zero-order chi connectivity index (χ0) is 13.8. The lowest BCUT2D eigenvalue weighted by atomic mass is 10.2. The molecule has 0 aliphatic heterocycles. The molecular formula is C13H15Cl2N3S. The maximum Gasteiger partial charge on any atom is 0.131 e. The smallest absolute Gasteiger partial charge is 0.131 e. The lowest BCUT2D eigenvalue weighted by Gasteiger charge is -2.03. The number of benzene rings is 1. The molecule has 0 fully saturated rings. The molecule has 1 N–H and O–H groups in total. The summed E-state index contributed by atoms with van der Waals surface area (Å²) in [5, 5.41) is 14.8. The van der Waals surface area contributed by atoms with E-state index in [1.54, 1.807) is 11.3 Å². The zero-order valence-electron chi connectivity index (χ0n) is 10.8. The van der Waals surface area contributed by atoms with Crippen molar-refractivity contribution in [1.82, 2.24) is 15.5 Å². The Bertz CT molecular complexity index is 555. The van der Waals surface area contributed by atoms with Gasteiger partial charge in [-0.1, -0.05) is 54.5 Å². The Morgan fingerprint density at radius 2 is 1.89 bits per heavy atom. The molecule has 2 aromatic rings. The molecule has 0 spiro atoms. The maximum absolute atomic E-state index is 6.00. The second kappa shape index (κ2) is 6.66. The first-order valence-electron chi connectivity index (χ1n) is 6.03. The van der Waals surface area contributed by atoms with E-state index in [0.29, 0.717) is 16.1 Å². The quantitative estimate of drug-likeness (QED) is 0.908. The van der Waals surface area contributed by atoms with Crippen molar-refractivity contribution >= 4 is 34.5 Å². The van der Waals surface area contributed by atoms with Crippen molar-refractivity contribution in [3.8, 4) is 0 Å². The van der Waals surface area contributed by atoms with Gasteiger partial charge in [-0.05, 0) is 17.7 Å². The number of nitrogens with zero attached hydrogens (tertiary/aromatic N) is 2. The van der Waals surface area contributed by atoms with Gasteiger partial charge >= 0.3 is 0 Å². The molecule has 0 unspecified atom stereocenters. The fourth-order valence-corrected chi connectivity index (χ4v) is 2.70. The monoisotopic (exact) mass is 315 g/mol. The Balaban J connectivity index is 2.01. The highest BCUT2D eigenvalue weighted by Gasteiger charge is 2.07. The highest BCUT2D eigenvalue weighted by molar-refractivity contribution is 7.11. The maximum atomic E-state index is 6.00. The minimum Gasteiger partial charge on any atom is -0.308 e. The molecule has 102 valence electrons. The van der Waals surface area contributed by atoms with Gasteiger partial charge in [-0.2, -0.15) is 0 Å². The molecule has 3 nitrogen and oxygen atoms in total. The SMILES string of the molecule is CC(C)NCc1nnc(Cc2ccc(Cl)c(Cl)c2)s1. The van der Waals surface area contributed by atoms with Crippen LogP contribution in [0.15, 0.2) is 18.2 Å². The Hall–Kier alpha value is -0.680. The first kappa shape index (κ1) is 14.7. The molecule has 0 atom stereocenters. The van der Waals surface area contributed by atoms with Gasteiger partial charge < -0.3 is 5.32 Å². The van der Waals surface area contributed by atoms with Crippen LogP contribution in [0.3, 0.4) is 0 Å². The predicted molar refractivity (Wildman–Crippen MR) is 81.2 cm³/mol. The Kier molecular flexibility index (Phi) is 5.16. The van der Waals surface area contributed by atoms with E-state index in [0.717, 1.165) is 28.5 Å². The largest absolute Gasteiger partial charge is 0.308 e. The molecule has 0 saturated carbocycles. The third kappa shape index (κ3) is 4.42. The van der Waals surface area contributed by atoms with Gasteiger partial charge in [0.15, 0.2) is 0 Å². The summed E-state index contributed by atoms with van der Waals surface area (Å²) in [6, 6.07) is 6.09. The molecule has 0 saturated heterocycles. The molecule has 1 aromatic carbocycles. The number of halogens is 2. The second-order valence-corrected chi connectivity index (χ2v) is 6.51. The third-order valence-electron chi connectivity index (χ3n) is 2.51. The van der Waals surface area contributed by atoms with Crippen LogP contribution in [-0.2, 0) is 13.0 Å². The number of hydrogen-bond acceptors (Lipinski definition) is 4. The zero-order valence-corrected chi connectivity index (χ0v) is 13.1. The van der Waals surface area contributed by atoms with Crippen molar-refractivity contribution in [3.63, 3.8) is 0 Å². The summed E-state index contributed by atoms with van der Waals surface area (Å²) in [6.45, 7) is 4.98. The van der Waals surface area contributed by atoms with Gasteiger partial charge in [0.05, 0.1) is 10.0 Å². The molecule has 0 bridgehead atoms. The van der Waals surface area contributed by atoms with Crippen molar-refractivity contribution in [2.75, 3.05) is 0 Å². The van der Waals surface area contributed by atoms with E-state index in [1.165, 1.54) is 0 Å². The van der Waals surface area contributed by atoms with Crippen molar-refractivity contribution in [2.45, 2.75) is 32.9 Å². The van der Waals surface area contributed by atoms with E-state index in [2.05, 4.69) is 29.4 Å². The van der Waals surface area contributed by atoms with E-state index in [9.17, 15) is 0 Å². The van der Waals surface area contributed by atoms with Crippen LogP contribution in [0, 0.1) is 0 Å². The topological polar surface area (TPSA) is 37.8 Å². The van der Waals surface area contributed by atoms with Crippen LogP contribution in [0.2, 0.25) is 10.0 Å². The average Bonchev–Trinajstić information content (AvgIpc) is 2.79. The number of nitrogens with one attached hydrogen (secondary N) is 1. The molecule has 0 aliphatic carbocycles. The second-order valence-electron chi connectivity index (χ2n) is 4.55. The minimum atomic E-state index is 0.447. The highest BCUT2D eigenvalue weighted by Crippen LogP contribution is 2.24. The van der Waals surface area contributed by atoms with E-state index in [-0.39, 0.29) is 0 Å². The van der Waals surface area contributed by atoms with Gasteiger partial charge in [-0.25, -0.2) is 0 Å². The van der Waals surface area contributed by atoms with Crippen LogP contribution in [0.5, 0.6) is 0 Å². The Morgan fingerprint density at radius 1 is 1.16 bits per heavy atom. The van der Waals surface area contributed by atoms with Crippen LogP contribution < -0.4 is 5.32 Å². The number of rotatable bonds is 5. The predicted octanol–water partition coefficient (Wildman–Crippen LogP) is 3.93. The highest BCUT2D eigenvalue weighted by atomic mass is 35.5. The van der Waals surface area contributed by atoms with E-state index in [1.807, 2.05) is 18.2 Å². The molecule has 2 rings (SSSR count). The van der Waals surface area contributed by atoms with E-state index >= 15 is 0 Å². The first-order chi connectivity index (χ1) is 9.04. The van der Waals surface area contributed by atoms with Gasteiger partial charge in [0.1, 0.15) is 10.0 Å². The Morgan fingerprint density at radius 3 is 2.58 bits per heavy atom. The summed E-state index contributed by atoms with van der Waals surface area (Å²) in [5.41, 5.74) is 1.09. The van der Waals surface area contributed by atoms with Gasteiger partial charge in [-0.3, -0.25) is 0 Å². The van der Waals surface area contributed by atoms with Gasteiger partial charge in [-0.15, -0.1) is 10.2 Å². The third-order valence-corrected chi connectivity index (χ3v) is 4.17. The average molecular weight is 316 g/mol. The molecule has 0 aliphatic rings. The van der Waals surface area contributed by atoms with E-state index < -0.39 is 0 Å². The molecular weight excluding hydrogens is 301 g/mol. The summed E-state index contributed by atoms with van der Waals surface area (Å²) in [4.78, 5) is 0. The summed E-state index contributed by atoms with van der Waals surface area (Å²) in [5.74, 6) is 0. The van der Waals surface area contributed by atoms with Crippen LogP contribution in [0.1, 0.15) is 29.4 Å². The lowest BCUT2D eigenvalue weighted by Crippen LogP contribution is -2.21. The minimum absolute atomic E-state index is 0.447. The van der Waals surface area contributed by atoms with Crippen LogP contribution >= 0.6 is 34.5 Å². The standard InChI is InChI=1S/C13H15Cl2N3S/c1-8(2)16-7-13-18-17-12(19-13)6-9-3-4-10(14)11(15)5-9/h3-5,8,16H,6-7H2,1-2H3. The van der Waals surface area contributed by atoms with Gasteiger partial charge in [0.25, 0.3) is 0 Å².